The van der Waals surface area contributed by atoms with Crippen molar-refractivity contribution in [3.05, 3.63) is 34.8 Å². The maximum atomic E-state index is 12.2. The Labute approximate surface area is 160 Å². The van der Waals surface area contributed by atoms with Crippen LogP contribution in [0, 0.1) is 5.92 Å². The lowest BCUT2D eigenvalue weighted by atomic mass is 9.97. The van der Waals surface area contributed by atoms with Crippen LogP contribution in [0.3, 0.4) is 0 Å². The van der Waals surface area contributed by atoms with Gasteiger partial charge in [-0.3, -0.25) is 19.0 Å². The summed E-state index contributed by atoms with van der Waals surface area (Å²) in [6, 6.07) is 6.93. The lowest BCUT2D eigenvalue weighted by Crippen LogP contribution is -2.42. The number of ether oxygens (including phenoxy) is 2. The lowest BCUT2D eigenvalue weighted by molar-refractivity contribution is -0.154. The number of carbonyl (C=O) groups is 3. The summed E-state index contributed by atoms with van der Waals surface area (Å²) in [6.45, 7) is 0.593. The van der Waals surface area contributed by atoms with Crippen molar-refractivity contribution in [3.8, 4) is 0 Å². The van der Waals surface area contributed by atoms with Crippen molar-refractivity contribution >= 4 is 28.9 Å². The molecule has 28 heavy (non-hydrogen) atoms. The van der Waals surface area contributed by atoms with Gasteiger partial charge < -0.3 is 18.8 Å². The van der Waals surface area contributed by atoms with Gasteiger partial charge in [0.15, 0.2) is 12.2 Å². The molecular weight excluding hydrogens is 368 g/mol. The molecular formula is C19H22N2O7. The molecule has 150 valence electrons. The van der Waals surface area contributed by atoms with Crippen LogP contribution in [0.2, 0.25) is 0 Å². The minimum absolute atomic E-state index is 0.0544. The third kappa shape index (κ3) is 4.41. The van der Waals surface area contributed by atoms with E-state index in [0.717, 1.165) is 0 Å². The van der Waals surface area contributed by atoms with Crippen LogP contribution >= 0.6 is 0 Å². The van der Waals surface area contributed by atoms with Crippen molar-refractivity contribution in [1.82, 2.24) is 9.47 Å². The van der Waals surface area contributed by atoms with Gasteiger partial charge >= 0.3 is 17.7 Å². The molecule has 9 nitrogen and oxygen atoms in total. The van der Waals surface area contributed by atoms with Gasteiger partial charge in [0.25, 0.3) is 5.91 Å². The van der Waals surface area contributed by atoms with E-state index in [4.69, 9.17) is 13.9 Å². The van der Waals surface area contributed by atoms with Crippen LogP contribution in [0.5, 0.6) is 0 Å². The van der Waals surface area contributed by atoms with E-state index < -0.39 is 11.7 Å². The summed E-state index contributed by atoms with van der Waals surface area (Å²) in [5.74, 6) is -1.88. The van der Waals surface area contributed by atoms with Crippen molar-refractivity contribution in [1.29, 1.82) is 0 Å². The number of fused-ring (bicyclic) bond motifs is 1. The number of para-hydroxylation sites is 2. The summed E-state index contributed by atoms with van der Waals surface area (Å²) in [4.78, 5) is 49.1. The molecule has 0 spiro atoms. The van der Waals surface area contributed by atoms with Crippen molar-refractivity contribution in [2.75, 3.05) is 26.8 Å². The molecule has 1 aromatic heterocycles. The molecule has 0 atom stereocenters. The van der Waals surface area contributed by atoms with E-state index in [2.05, 4.69) is 0 Å². The number of hydrogen-bond acceptors (Lipinski definition) is 7. The number of piperidine rings is 1. The molecule has 1 aliphatic heterocycles. The topological polar surface area (TPSA) is 108 Å². The van der Waals surface area contributed by atoms with Crippen LogP contribution in [0.25, 0.3) is 11.1 Å². The minimum Gasteiger partial charge on any atom is -0.469 e. The van der Waals surface area contributed by atoms with E-state index in [1.165, 1.54) is 11.7 Å². The van der Waals surface area contributed by atoms with Crippen LogP contribution in [0.1, 0.15) is 19.3 Å². The van der Waals surface area contributed by atoms with E-state index in [1.807, 2.05) is 0 Å². The molecule has 0 aliphatic carbocycles. The van der Waals surface area contributed by atoms with Gasteiger partial charge in [-0.15, -0.1) is 0 Å². The largest absolute Gasteiger partial charge is 0.469 e. The molecule has 9 heteroatoms. The average Bonchev–Trinajstić information content (AvgIpc) is 3.04. The van der Waals surface area contributed by atoms with Crippen molar-refractivity contribution in [2.45, 2.75) is 25.8 Å². The van der Waals surface area contributed by atoms with Crippen molar-refractivity contribution in [2.24, 2.45) is 5.92 Å². The molecule has 3 rings (SSSR count). The monoisotopic (exact) mass is 390 g/mol. The summed E-state index contributed by atoms with van der Waals surface area (Å²) in [7, 11) is 1.35. The second kappa shape index (κ2) is 8.73. The predicted octanol–water partition coefficient (Wildman–Crippen LogP) is 0.939. The molecule has 1 amide bonds. The third-order valence-corrected chi connectivity index (χ3v) is 4.85. The summed E-state index contributed by atoms with van der Waals surface area (Å²) in [5.41, 5.74) is 1.05. The van der Waals surface area contributed by atoms with E-state index in [0.29, 0.717) is 37.0 Å². The number of oxazole rings is 1. The van der Waals surface area contributed by atoms with Crippen molar-refractivity contribution in [3.63, 3.8) is 0 Å². The number of carbonyl (C=O) groups excluding carboxylic acids is 3. The Kier molecular flexibility index (Phi) is 6.13. The number of nitrogens with zero attached hydrogens (tertiary/aromatic N) is 2. The fraction of sp³-hybridized carbons (Fsp3) is 0.474. The zero-order chi connectivity index (χ0) is 20.1. The van der Waals surface area contributed by atoms with Crippen LogP contribution in [0.15, 0.2) is 33.5 Å². The highest BCUT2D eigenvalue weighted by Gasteiger charge is 2.28. The Morgan fingerprint density at radius 2 is 1.89 bits per heavy atom. The van der Waals surface area contributed by atoms with Crippen LogP contribution in [-0.2, 0) is 30.4 Å². The molecule has 2 aromatic rings. The van der Waals surface area contributed by atoms with Gasteiger partial charge in [-0.05, 0) is 25.0 Å². The first-order valence-electron chi connectivity index (χ1n) is 9.09. The number of benzene rings is 1. The molecule has 1 aromatic carbocycles. The van der Waals surface area contributed by atoms with Crippen LogP contribution in [0.4, 0.5) is 0 Å². The number of methoxy groups -OCH3 is 1. The Bertz CT molecular complexity index is 922. The third-order valence-electron chi connectivity index (χ3n) is 4.85. The molecule has 0 N–H and O–H groups in total. The Hall–Kier alpha value is -3.10. The maximum absolute atomic E-state index is 12.2. The number of likely N-dealkylation sites (tertiary alicyclic amines) is 1. The maximum Gasteiger partial charge on any atom is 0.419 e. The summed E-state index contributed by atoms with van der Waals surface area (Å²) < 4.78 is 16.2. The van der Waals surface area contributed by atoms with Gasteiger partial charge in [-0.2, -0.15) is 0 Å². The quantitative estimate of drug-likeness (QED) is 0.676. The normalized spacial score (nSPS) is 14.8. The Morgan fingerprint density at radius 1 is 1.18 bits per heavy atom. The molecule has 1 saturated heterocycles. The standard InChI is InChI=1S/C19H22N2O7/c1-26-18(24)13-6-9-20(10-7-13)16(22)12-27-17(23)8-11-21-14-4-2-3-5-15(14)28-19(21)25/h2-5,13H,6-12H2,1H3. The van der Waals surface area contributed by atoms with E-state index in [1.54, 1.807) is 29.2 Å². The molecule has 0 bridgehead atoms. The summed E-state index contributed by atoms with van der Waals surface area (Å²) >= 11 is 0. The van der Waals surface area contributed by atoms with Gasteiger partial charge in [0.1, 0.15) is 0 Å². The van der Waals surface area contributed by atoms with Crippen LogP contribution < -0.4 is 5.76 Å². The molecule has 1 fully saturated rings. The first kappa shape index (κ1) is 19.7. The van der Waals surface area contributed by atoms with Gasteiger partial charge in [0.2, 0.25) is 0 Å². The Morgan fingerprint density at radius 3 is 2.61 bits per heavy atom. The van der Waals surface area contributed by atoms with Gasteiger partial charge in [0, 0.05) is 19.6 Å². The molecule has 1 aliphatic rings. The van der Waals surface area contributed by atoms with E-state index in [-0.39, 0.29) is 37.4 Å². The summed E-state index contributed by atoms with van der Waals surface area (Å²) in [5, 5.41) is 0. The first-order chi connectivity index (χ1) is 13.5. The molecule has 0 saturated carbocycles. The highest BCUT2D eigenvalue weighted by molar-refractivity contribution is 5.81. The minimum atomic E-state index is -0.574. The van der Waals surface area contributed by atoms with E-state index >= 15 is 0 Å². The number of aromatic nitrogens is 1. The highest BCUT2D eigenvalue weighted by Crippen LogP contribution is 2.18. The smallest absolute Gasteiger partial charge is 0.419 e. The second-order valence-corrected chi connectivity index (χ2v) is 6.58. The van der Waals surface area contributed by atoms with Crippen LogP contribution in [-0.4, -0.2) is 54.1 Å². The lowest BCUT2D eigenvalue weighted by Gasteiger charge is -2.30. The average molecular weight is 390 g/mol. The number of esters is 2. The van der Waals surface area contributed by atoms with Crippen molar-refractivity contribution < 1.29 is 28.3 Å². The van der Waals surface area contributed by atoms with E-state index in [9.17, 15) is 19.2 Å². The summed E-state index contributed by atoms with van der Waals surface area (Å²) in [6.07, 6.45) is 1.01. The predicted molar refractivity (Wildman–Crippen MR) is 97.4 cm³/mol. The zero-order valence-electron chi connectivity index (χ0n) is 15.6. The fourth-order valence-electron chi connectivity index (χ4n) is 3.27. The SMILES string of the molecule is COC(=O)C1CCN(C(=O)COC(=O)CCn2c(=O)oc3ccccc32)CC1. The molecule has 0 unspecified atom stereocenters. The number of hydrogen-bond donors (Lipinski definition) is 0. The first-order valence-corrected chi connectivity index (χ1v) is 9.09. The van der Waals surface area contributed by atoms with Gasteiger partial charge in [0.05, 0.1) is 25.0 Å². The number of aryl methyl sites for hydroxylation is 1. The Balaban J connectivity index is 1.44. The molecule has 2 heterocycles. The second-order valence-electron chi connectivity index (χ2n) is 6.58. The zero-order valence-corrected chi connectivity index (χ0v) is 15.6. The molecule has 0 radical (unpaired) electrons. The van der Waals surface area contributed by atoms with Gasteiger partial charge in [-0.25, -0.2) is 4.79 Å². The fourth-order valence-corrected chi connectivity index (χ4v) is 3.27. The highest BCUT2D eigenvalue weighted by atomic mass is 16.5. The number of rotatable bonds is 6. The van der Waals surface area contributed by atoms with Gasteiger partial charge in [-0.1, -0.05) is 12.1 Å². The number of amides is 1.